The first-order valence-corrected chi connectivity index (χ1v) is 9.38. The number of amides is 2. The van der Waals surface area contributed by atoms with E-state index >= 15 is 0 Å². The fourth-order valence-electron chi connectivity index (χ4n) is 3.28. The maximum atomic E-state index is 12.8. The average molecular weight is 377 g/mol. The number of nitrogens with zero attached hydrogens (tertiary/aromatic N) is 2. The molecule has 1 aliphatic rings. The Labute approximate surface area is 164 Å². The lowest BCUT2D eigenvalue weighted by Crippen LogP contribution is -2.48. The van der Waals surface area contributed by atoms with E-state index in [4.69, 9.17) is 10.00 Å². The molecule has 0 spiro atoms. The molecule has 1 saturated heterocycles. The zero-order chi connectivity index (χ0) is 19.9. The molecule has 2 aromatic rings. The van der Waals surface area contributed by atoms with Gasteiger partial charge in [0, 0.05) is 18.8 Å². The average Bonchev–Trinajstić information content (AvgIpc) is 2.74. The van der Waals surface area contributed by atoms with Crippen LogP contribution in [0.15, 0.2) is 54.6 Å². The molecule has 1 N–H and O–H groups in total. The second-order valence-corrected chi connectivity index (χ2v) is 6.87. The van der Waals surface area contributed by atoms with Crippen LogP contribution in [-0.2, 0) is 9.59 Å². The third kappa shape index (κ3) is 4.89. The summed E-state index contributed by atoms with van der Waals surface area (Å²) in [5.74, 6) is 0.0983. The number of anilines is 1. The topological polar surface area (TPSA) is 82.4 Å². The lowest BCUT2D eigenvalue weighted by atomic mass is 9.96. The molecule has 6 nitrogen and oxygen atoms in total. The van der Waals surface area contributed by atoms with Crippen molar-refractivity contribution < 1.29 is 14.3 Å². The maximum absolute atomic E-state index is 12.8. The van der Waals surface area contributed by atoms with E-state index in [0.29, 0.717) is 24.4 Å². The normalized spacial score (nSPS) is 17.3. The maximum Gasteiger partial charge on any atom is 0.263 e. The summed E-state index contributed by atoms with van der Waals surface area (Å²) >= 11 is 0. The van der Waals surface area contributed by atoms with Gasteiger partial charge in [-0.05, 0) is 56.2 Å². The van der Waals surface area contributed by atoms with Gasteiger partial charge in [-0.1, -0.05) is 18.2 Å². The van der Waals surface area contributed by atoms with Gasteiger partial charge in [-0.3, -0.25) is 9.59 Å². The van der Waals surface area contributed by atoms with Crippen molar-refractivity contribution in [3.8, 4) is 11.8 Å². The Morgan fingerprint density at radius 1 is 1.18 bits per heavy atom. The molecule has 28 heavy (non-hydrogen) atoms. The highest BCUT2D eigenvalue weighted by atomic mass is 16.5. The zero-order valence-corrected chi connectivity index (χ0v) is 15.8. The van der Waals surface area contributed by atoms with Gasteiger partial charge in [0.15, 0.2) is 6.10 Å². The number of ether oxygens (including phenoxy) is 1. The van der Waals surface area contributed by atoms with Gasteiger partial charge in [0.25, 0.3) is 5.91 Å². The summed E-state index contributed by atoms with van der Waals surface area (Å²) in [4.78, 5) is 27.0. The summed E-state index contributed by atoms with van der Waals surface area (Å²) in [7, 11) is 0. The first-order chi connectivity index (χ1) is 13.6. The molecule has 0 saturated carbocycles. The van der Waals surface area contributed by atoms with Gasteiger partial charge in [0.1, 0.15) is 5.75 Å². The molecule has 6 heteroatoms. The van der Waals surface area contributed by atoms with Crippen LogP contribution in [0.25, 0.3) is 0 Å². The van der Waals surface area contributed by atoms with Crippen LogP contribution in [-0.4, -0.2) is 35.9 Å². The molecule has 0 aromatic heterocycles. The quantitative estimate of drug-likeness (QED) is 0.867. The van der Waals surface area contributed by atoms with Crippen molar-refractivity contribution >= 4 is 17.5 Å². The minimum atomic E-state index is -0.663. The first-order valence-electron chi connectivity index (χ1n) is 9.38. The number of hydrogen-bond donors (Lipinski definition) is 1. The summed E-state index contributed by atoms with van der Waals surface area (Å²) in [6.45, 7) is 2.71. The van der Waals surface area contributed by atoms with Gasteiger partial charge < -0.3 is 15.0 Å². The molecule has 3 rings (SSSR count). The number of nitrogens with one attached hydrogen (secondary N) is 1. The van der Waals surface area contributed by atoms with E-state index in [0.717, 1.165) is 18.5 Å². The largest absolute Gasteiger partial charge is 0.481 e. The minimum Gasteiger partial charge on any atom is -0.481 e. The fraction of sp³-hybridized carbons (Fsp3) is 0.318. The molecule has 0 bridgehead atoms. The monoisotopic (exact) mass is 377 g/mol. The number of piperidine rings is 1. The SMILES string of the molecule is CC(Oc1ccc(C#N)cc1)C(=O)N1CCCC(C(=O)Nc2ccccc2)C1. The van der Waals surface area contributed by atoms with Crippen LogP contribution in [0.2, 0.25) is 0 Å². The fourth-order valence-corrected chi connectivity index (χ4v) is 3.28. The van der Waals surface area contributed by atoms with E-state index in [1.165, 1.54) is 0 Å². The van der Waals surface area contributed by atoms with E-state index in [1.807, 2.05) is 36.4 Å². The van der Waals surface area contributed by atoms with Crippen LogP contribution in [0, 0.1) is 17.2 Å². The van der Waals surface area contributed by atoms with Gasteiger partial charge >= 0.3 is 0 Å². The van der Waals surface area contributed by atoms with E-state index < -0.39 is 6.10 Å². The Morgan fingerprint density at radius 3 is 2.57 bits per heavy atom. The molecular formula is C22H23N3O3. The standard InChI is InChI=1S/C22H23N3O3/c1-16(28-20-11-9-17(14-23)10-12-20)22(27)25-13-5-6-18(15-25)21(26)24-19-7-3-2-4-8-19/h2-4,7-12,16,18H,5-6,13,15H2,1H3,(H,24,26). The number of nitriles is 1. The third-order valence-electron chi connectivity index (χ3n) is 4.79. The van der Waals surface area contributed by atoms with Gasteiger partial charge in [-0.15, -0.1) is 0 Å². The number of para-hydroxylation sites is 1. The Bertz CT molecular complexity index is 859. The van der Waals surface area contributed by atoms with Crippen LogP contribution in [0.5, 0.6) is 5.75 Å². The number of benzene rings is 2. The van der Waals surface area contributed by atoms with Crippen LogP contribution >= 0.6 is 0 Å². The predicted molar refractivity (Wildman–Crippen MR) is 106 cm³/mol. The zero-order valence-electron chi connectivity index (χ0n) is 15.8. The first kappa shape index (κ1) is 19.4. The third-order valence-corrected chi connectivity index (χ3v) is 4.79. The molecule has 1 aliphatic heterocycles. The lowest BCUT2D eigenvalue weighted by Gasteiger charge is -2.33. The second kappa shape index (κ2) is 9.05. The van der Waals surface area contributed by atoms with Crippen LogP contribution in [0.4, 0.5) is 5.69 Å². The van der Waals surface area contributed by atoms with E-state index in [-0.39, 0.29) is 17.7 Å². The number of carbonyl (C=O) groups is 2. The summed E-state index contributed by atoms with van der Waals surface area (Å²) < 4.78 is 5.72. The van der Waals surface area contributed by atoms with Crippen molar-refractivity contribution in [2.24, 2.45) is 5.92 Å². The van der Waals surface area contributed by atoms with Crippen molar-refractivity contribution in [1.29, 1.82) is 5.26 Å². The molecule has 0 radical (unpaired) electrons. The van der Waals surface area contributed by atoms with E-state index in [2.05, 4.69) is 5.32 Å². The minimum absolute atomic E-state index is 0.0654. The Balaban J connectivity index is 1.57. The van der Waals surface area contributed by atoms with Crippen molar-refractivity contribution in [1.82, 2.24) is 4.90 Å². The van der Waals surface area contributed by atoms with Crippen molar-refractivity contribution in [3.63, 3.8) is 0 Å². The number of rotatable bonds is 5. The van der Waals surface area contributed by atoms with Gasteiger partial charge in [-0.2, -0.15) is 5.26 Å². The molecule has 1 heterocycles. The summed E-state index contributed by atoms with van der Waals surface area (Å²) in [5.41, 5.74) is 1.29. The van der Waals surface area contributed by atoms with Crippen LogP contribution in [0.1, 0.15) is 25.3 Å². The second-order valence-electron chi connectivity index (χ2n) is 6.87. The highest BCUT2D eigenvalue weighted by molar-refractivity contribution is 5.93. The molecule has 144 valence electrons. The smallest absolute Gasteiger partial charge is 0.263 e. The molecular weight excluding hydrogens is 354 g/mol. The van der Waals surface area contributed by atoms with Crippen molar-refractivity contribution in [2.75, 3.05) is 18.4 Å². The lowest BCUT2D eigenvalue weighted by molar-refractivity contribution is -0.140. The van der Waals surface area contributed by atoms with E-state index in [1.54, 1.807) is 36.1 Å². The summed E-state index contributed by atoms with van der Waals surface area (Å²) in [5, 5.41) is 11.8. The van der Waals surface area contributed by atoms with Crippen molar-refractivity contribution in [2.45, 2.75) is 25.9 Å². The molecule has 2 amide bonds. The number of carbonyl (C=O) groups excluding carboxylic acids is 2. The van der Waals surface area contributed by atoms with Gasteiger partial charge in [0.05, 0.1) is 17.6 Å². The van der Waals surface area contributed by atoms with Gasteiger partial charge in [0.2, 0.25) is 5.91 Å². The molecule has 2 unspecified atom stereocenters. The molecule has 2 atom stereocenters. The molecule has 0 aliphatic carbocycles. The highest BCUT2D eigenvalue weighted by Gasteiger charge is 2.31. The summed E-state index contributed by atoms with van der Waals surface area (Å²) in [6, 6.07) is 18.0. The Hall–Kier alpha value is -3.33. The Morgan fingerprint density at radius 2 is 1.89 bits per heavy atom. The predicted octanol–water partition coefficient (Wildman–Crippen LogP) is 3.20. The van der Waals surface area contributed by atoms with Crippen LogP contribution < -0.4 is 10.1 Å². The molecule has 1 fully saturated rings. The van der Waals surface area contributed by atoms with Gasteiger partial charge in [-0.25, -0.2) is 0 Å². The summed E-state index contributed by atoms with van der Waals surface area (Å²) in [6.07, 6.45) is 0.874. The van der Waals surface area contributed by atoms with Crippen LogP contribution in [0.3, 0.4) is 0 Å². The van der Waals surface area contributed by atoms with E-state index in [9.17, 15) is 9.59 Å². The highest BCUT2D eigenvalue weighted by Crippen LogP contribution is 2.21. The van der Waals surface area contributed by atoms with Crippen molar-refractivity contribution in [3.05, 3.63) is 60.2 Å². The Kier molecular flexibility index (Phi) is 6.28. The number of likely N-dealkylation sites (tertiary alicyclic amines) is 1. The molecule has 2 aromatic carbocycles. The number of hydrogen-bond acceptors (Lipinski definition) is 4.